The number of fused-ring (bicyclic) bond motifs is 1. The van der Waals surface area contributed by atoms with Crippen molar-refractivity contribution in [2.45, 2.75) is 0 Å². The van der Waals surface area contributed by atoms with Crippen molar-refractivity contribution in [3.63, 3.8) is 0 Å². The van der Waals surface area contributed by atoms with Gasteiger partial charge in [0.15, 0.2) is 0 Å². The van der Waals surface area contributed by atoms with Gasteiger partial charge in [-0.1, -0.05) is 18.2 Å². The number of benzene rings is 1. The largest absolute Gasteiger partial charge is 0.422 e. The van der Waals surface area contributed by atoms with Gasteiger partial charge in [0.05, 0.1) is 18.8 Å². The van der Waals surface area contributed by atoms with Crippen LogP contribution in [-0.4, -0.2) is 43.0 Å². The van der Waals surface area contributed by atoms with Crippen molar-refractivity contribution in [2.75, 3.05) is 31.6 Å². The second kappa shape index (κ2) is 7.34. The lowest BCUT2D eigenvalue weighted by molar-refractivity contribution is 0.0304. The lowest BCUT2D eigenvalue weighted by Gasteiger charge is -2.26. The Morgan fingerprint density at radius 3 is 2.67 bits per heavy atom. The summed E-state index contributed by atoms with van der Waals surface area (Å²) in [4.78, 5) is 39.1. The Balaban J connectivity index is 1.59. The van der Waals surface area contributed by atoms with Crippen LogP contribution < -0.4 is 10.9 Å². The highest BCUT2D eigenvalue weighted by Gasteiger charge is 2.23. The quantitative estimate of drug-likeness (QED) is 0.701. The molecular weight excluding hydrogens is 368 g/mol. The van der Waals surface area contributed by atoms with E-state index in [9.17, 15) is 14.4 Å². The van der Waals surface area contributed by atoms with Gasteiger partial charge in [-0.05, 0) is 23.6 Å². The number of carbonyl (C=O) groups is 2. The van der Waals surface area contributed by atoms with Crippen LogP contribution in [0.15, 0.2) is 51.0 Å². The minimum Gasteiger partial charge on any atom is -0.422 e. The van der Waals surface area contributed by atoms with Gasteiger partial charge >= 0.3 is 5.63 Å². The molecule has 3 aromatic rings. The third-order valence-corrected chi connectivity index (χ3v) is 5.14. The normalized spacial score (nSPS) is 14.3. The highest BCUT2D eigenvalue weighted by atomic mass is 32.1. The number of nitrogens with zero attached hydrogens (tertiary/aromatic N) is 1. The van der Waals surface area contributed by atoms with Crippen molar-refractivity contribution in [1.82, 2.24) is 4.90 Å². The van der Waals surface area contributed by atoms with Gasteiger partial charge in [0.1, 0.15) is 16.1 Å². The SMILES string of the molecule is O=C(Nc1sccc1C(=O)N1CCOCC1)c1cc2ccccc2oc1=O. The predicted molar refractivity (Wildman–Crippen MR) is 101 cm³/mol. The third-order valence-electron chi connectivity index (χ3n) is 4.31. The van der Waals surface area contributed by atoms with Crippen molar-refractivity contribution in [1.29, 1.82) is 0 Å². The molecule has 1 fully saturated rings. The summed E-state index contributed by atoms with van der Waals surface area (Å²) in [5.74, 6) is -0.770. The first-order chi connectivity index (χ1) is 13.1. The van der Waals surface area contributed by atoms with E-state index < -0.39 is 11.5 Å². The van der Waals surface area contributed by atoms with E-state index in [0.717, 1.165) is 0 Å². The number of carbonyl (C=O) groups excluding carboxylic acids is 2. The lowest BCUT2D eigenvalue weighted by atomic mass is 10.2. The molecule has 0 aliphatic carbocycles. The van der Waals surface area contributed by atoms with Crippen molar-refractivity contribution < 1.29 is 18.7 Å². The Hall–Kier alpha value is -2.97. The van der Waals surface area contributed by atoms with E-state index >= 15 is 0 Å². The number of thiophene rings is 1. The molecule has 0 saturated carbocycles. The number of para-hydroxylation sites is 1. The van der Waals surface area contributed by atoms with Gasteiger partial charge in [-0.2, -0.15) is 0 Å². The van der Waals surface area contributed by atoms with E-state index in [1.165, 1.54) is 17.4 Å². The summed E-state index contributed by atoms with van der Waals surface area (Å²) in [6.45, 7) is 2.01. The molecule has 1 aromatic carbocycles. The summed E-state index contributed by atoms with van der Waals surface area (Å²) in [7, 11) is 0. The van der Waals surface area contributed by atoms with E-state index in [-0.39, 0.29) is 11.5 Å². The maximum Gasteiger partial charge on any atom is 0.349 e. The maximum atomic E-state index is 12.7. The average molecular weight is 384 g/mol. The van der Waals surface area contributed by atoms with E-state index in [1.807, 2.05) is 0 Å². The summed E-state index contributed by atoms with van der Waals surface area (Å²) in [5, 5.41) is 5.46. The van der Waals surface area contributed by atoms with Gasteiger partial charge in [-0.3, -0.25) is 9.59 Å². The van der Waals surface area contributed by atoms with Crippen LogP contribution in [-0.2, 0) is 4.74 Å². The molecule has 0 spiro atoms. The Kier molecular flexibility index (Phi) is 4.74. The Morgan fingerprint density at radius 2 is 1.85 bits per heavy atom. The molecule has 3 heterocycles. The number of anilines is 1. The van der Waals surface area contributed by atoms with Gasteiger partial charge < -0.3 is 19.4 Å². The van der Waals surface area contributed by atoms with Crippen LogP contribution in [0.5, 0.6) is 0 Å². The van der Waals surface area contributed by atoms with Crippen LogP contribution in [0.2, 0.25) is 0 Å². The van der Waals surface area contributed by atoms with Crippen LogP contribution >= 0.6 is 11.3 Å². The minimum absolute atomic E-state index is 0.105. The zero-order valence-corrected chi connectivity index (χ0v) is 15.1. The van der Waals surface area contributed by atoms with Gasteiger partial charge in [0.25, 0.3) is 11.8 Å². The Morgan fingerprint density at radius 1 is 1.07 bits per heavy atom. The second-order valence-electron chi connectivity index (χ2n) is 6.01. The third kappa shape index (κ3) is 3.49. The van der Waals surface area contributed by atoms with Crippen molar-refractivity contribution >= 4 is 39.1 Å². The molecule has 0 unspecified atom stereocenters. The first-order valence-electron chi connectivity index (χ1n) is 8.42. The van der Waals surface area contributed by atoms with E-state index in [1.54, 1.807) is 40.6 Å². The molecule has 1 aliphatic heterocycles. The molecule has 138 valence electrons. The Labute approximate surface area is 158 Å². The first kappa shape index (κ1) is 17.4. The van der Waals surface area contributed by atoms with Crippen molar-refractivity contribution in [2.24, 2.45) is 0 Å². The number of ether oxygens (including phenoxy) is 1. The molecule has 2 amide bonds. The van der Waals surface area contributed by atoms with Crippen LogP contribution in [0.1, 0.15) is 20.7 Å². The molecule has 2 aromatic heterocycles. The van der Waals surface area contributed by atoms with E-state index in [2.05, 4.69) is 5.32 Å². The number of morpholine rings is 1. The van der Waals surface area contributed by atoms with Crippen molar-refractivity contribution in [3.05, 3.63) is 63.3 Å². The van der Waals surface area contributed by atoms with Crippen molar-refractivity contribution in [3.8, 4) is 0 Å². The molecule has 27 heavy (non-hydrogen) atoms. The smallest absolute Gasteiger partial charge is 0.349 e. The summed E-state index contributed by atoms with van der Waals surface area (Å²) >= 11 is 1.23. The topological polar surface area (TPSA) is 88.8 Å². The van der Waals surface area contributed by atoms with Crippen LogP contribution in [0.3, 0.4) is 0 Å². The highest BCUT2D eigenvalue weighted by molar-refractivity contribution is 7.14. The fourth-order valence-corrected chi connectivity index (χ4v) is 3.68. The van der Waals surface area contributed by atoms with Crippen LogP contribution in [0.25, 0.3) is 11.0 Å². The summed E-state index contributed by atoms with van der Waals surface area (Å²) in [6.07, 6.45) is 0. The number of hydrogen-bond donors (Lipinski definition) is 1. The Bertz CT molecular complexity index is 1070. The summed E-state index contributed by atoms with van der Waals surface area (Å²) in [5.41, 5.74) is -0.00512. The molecule has 0 bridgehead atoms. The number of nitrogens with one attached hydrogen (secondary N) is 1. The molecule has 0 atom stereocenters. The van der Waals surface area contributed by atoms with Gasteiger partial charge in [-0.15, -0.1) is 11.3 Å². The number of hydrogen-bond acceptors (Lipinski definition) is 6. The van der Waals surface area contributed by atoms with Crippen LogP contribution in [0, 0.1) is 0 Å². The second-order valence-corrected chi connectivity index (χ2v) is 6.92. The zero-order valence-electron chi connectivity index (χ0n) is 14.3. The molecule has 1 N–H and O–H groups in total. The van der Waals surface area contributed by atoms with E-state index in [4.69, 9.17) is 9.15 Å². The fourth-order valence-electron chi connectivity index (χ4n) is 2.90. The standard InChI is InChI=1S/C19H16N2O5S/c22-16(14-11-12-3-1-2-4-15(12)26-19(14)24)20-17-13(5-10-27-17)18(23)21-6-8-25-9-7-21/h1-5,10-11H,6-9H2,(H,20,22). The van der Waals surface area contributed by atoms with Crippen LogP contribution in [0.4, 0.5) is 5.00 Å². The lowest BCUT2D eigenvalue weighted by Crippen LogP contribution is -2.40. The molecule has 1 saturated heterocycles. The molecule has 7 nitrogen and oxygen atoms in total. The first-order valence-corrected chi connectivity index (χ1v) is 9.30. The molecule has 0 radical (unpaired) electrons. The highest BCUT2D eigenvalue weighted by Crippen LogP contribution is 2.26. The van der Waals surface area contributed by atoms with Gasteiger partial charge in [-0.25, -0.2) is 4.79 Å². The number of rotatable bonds is 3. The van der Waals surface area contributed by atoms with Gasteiger partial charge in [0.2, 0.25) is 0 Å². The number of amides is 2. The van der Waals surface area contributed by atoms with E-state index in [0.29, 0.717) is 47.8 Å². The predicted octanol–water partition coefficient (Wildman–Crippen LogP) is 2.58. The summed E-state index contributed by atoms with van der Waals surface area (Å²) in [6, 6.07) is 10.1. The zero-order chi connectivity index (χ0) is 18.8. The average Bonchev–Trinajstić information content (AvgIpc) is 3.15. The van der Waals surface area contributed by atoms with Gasteiger partial charge in [0, 0.05) is 18.5 Å². The molecule has 4 rings (SSSR count). The molecule has 8 heteroatoms. The summed E-state index contributed by atoms with van der Waals surface area (Å²) < 4.78 is 10.5. The molecule has 1 aliphatic rings. The monoisotopic (exact) mass is 384 g/mol. The minimum atomic E-state index is -0.719. The molecular formula is C19H16N2O5S. The maximum absolute atomic E-state index is 12.7. The fraction of sp³-hybridized carbons (Fsp3) is 0.211.